The fourth-order valence-electron chi connectivity index (χ4n) is 3.43. The minimum Gasteiger partial charge on any atom is -0.377 e. The first kappa shape index (κ1) is 24.4. The number of guanidine groups is 1. The van der Waals surface area contributed by atoms with Crippen LogP contribution in [0.4, 0.5) is 0 Å². The largest absolute Gasteiger partial charge is 0.377 e. The third kappa shape index (κ3) is 7.05. The molecule has 158 valence electrons. The van der Waals surface area contributed by atoms with Gasteiger partial charge >= 0.3 is 0 Å². The second-order valence-electron chi connectivity index (χ2n) is 7.87. The van der Waals surface area contributed by atoms with Gasteiger partial charge in [-0.05, 0) is 40.5 Å². The molecule has 0 aromatic heterocycles. The zero-order valence-electron chi connectivity index (χ0n) is 17.7. The summed E-state index contributed by atoms with van der Waals surface area (Å²) in [5.41, 5.74) is -0.265. The minimum atomic E-state index is -0.265. The van der Waals surface area contributed by atoms with Gasteiger partial charge in [0.1, 0.15) is 0 Å². The molecule has 27 heavy (non-hydrogen) atoms. The number of hydrogen-bond acceptors (Lipinski definition) is 4. The molecule has 1 amide bonds. The smallest absolute Gasteiger partial charge is 0.239 e. The average Bonchev–Trinajstić information content (AvgIpc) is 3.19. The Morgan fingerprint density at radius 3 is 2.22 bits per heavy atom. The zero-order chi connectivity index (χ0) is 19.2. The number of likely N-dealkylation sites (tertiary alicyclic amines) is 1. The number of carbonyl (C=O) groups is 1. The standard InChI is InChI=1S/C19H37N5O2.HI/c1-6-20-18(21-15-19(3,4)26-5)24-13-11-22(12-14-24)16(2)17(25)23-9-7-8-10-23;/h16H,6-15H2,1-5H3,(H,20,21);1H. The Bertz CT molecular complexity index is 486. The molecule has 0 aromatic rings. The fourth-order valence-corrected chi connectivity index (χ4v) is 3.43. The molecule has 8 heteroatoms. The van der Waals surface area contributed by atoms with Crippen molar-refractivity contribution in [2.45, 2.75) is 52.2 Å². The van der Waals surface area contributed by atoms with Crippen molar-refractivity contribution in [1.29, 1.82) is 0 Å². The number of piperazine rings is 1. The third-order valence-electron chi connectivity index (χ3n) is 5.43. The first-order valence-corrected chi connectivity index (χ1v) is 9.99. The van der Waals surface area contributed by atoms with E-state index in [2.05, 4.69) is 29.0 Å². The van der Waals surface area contributed by atoms with E-state index in [0.717, 1.165) is 64.6 Å². The predicted molar refractivity (Wildman–Crippen MR) is 121 cm³/mol. The van der Waals surface area contributed by atoms with Crippen molar-refractivity contribution in [2.75, 3.05) is 59.5 Å². The first-order valence-electron chi connectivity index (χ1n) is 9.99. The van der Waals surface area contributed by atoms with Crippen LogP contribution in [0.2, 0.25) is 0 Å². The van der Waals surface area contributed by atoms with Crippen LogP contribution >= 0.6 is 24.0 Å². The molecule has 0 aromatic carbocycles. The summed E-state index contributed by atoms with van der Waals surface area (Å²) >= 11 is 0. The molecule has 2 fully saturated rings. The van der Waals surface area contributed by atoms with Gasteiger partial charge in [0, 0.05) is 52.9 Å². The Hall–Kier alpha value is -0.610. The summed E-state index contributed by atoms with van der Waals surface area (Å²) in [4.78, 5) is 24.0. The Kier molecular flexibility index (Phi) is 10.3. The molecule has 1 atom stereocenters. The zero-order valence-corrected chi connectivity index (χ0v) is 20.0. The van der Waals surface area contributed by atoms with Gasteiger partial charge in [-0.3, -0.25) is 14.7 Å². The van der Waals surface area contributed by atoms with Crippen molar-refractivity contribution in [3.63, 3.8) is 0 Å². The van der Waals surface area contributed by atoms with E-state index in [1.54, 1.807) is 7.11 Å². The van der Waals surface area contributed by atoms with Crippen LogP contribution in [0.5, 0.6) is 0 Å². The maximum absolute atomic E-state index is 12.6. The van der Waals surface area contributed by atoms with Gasteiger partial charge in [-0.2, -0.15) is 0 Å². The number of carbonyl (C=O) groups excluding carboxylic acids is 1. The average molecular weight is 495 g/mol. The van der Waals surface area contributed by atoms with Crippen LogP contribution < -0.4 is 5.32 Å². The number of rotatable bonds is 6. The van der Waals surface area contributed by atoms with Gasteiger partial charge in [0.05, 0.1) is 18.2 Å². The molecular weight excluding hydrogens is 457 g/mol. The second-order valence-corrected chi connectivity index (χ2v) is 7.87. The van der Waals surface area contributed by atoms with Crippen LogP contribution in [0.15, 0.2) is 4.99 Å². The number of ether oxygens (including phenoxy) is 1. The Morgan fingerprint density at radius 1 is 1.11 bits per heavy atom. The molecule has 0 radical (unpaired) electrons. The predicted octanol–water partition coefficient (Wildman–Crippen LogP) is 1.62. The second kappa shape index (κ2) is 11.4. The number of methoxy groups -OCH3 is 1. The van der Waals surface area contributed by atoms with Gasteiger partial charge in [0.15, 0.2) is 5.96 Å². The van der Waals surface area contributed by atoms with Crippen LogP contribution in [0.3, 0.4) is 0 Å². The van der Waals surface area contributed by atoms with E-state index in [0.29, 0.717) is 12.5 Å². The van der Waals surface area contributed by atoms with Gasteiger partial charge in [-0.1, -0.05) is 0 Å². The molecule has 1 unspecified atom stereocenters. The lowest BCUT2D eigenvalue weighted by Gasteiger charge is -2.39. The number of nitrogens with one attached hydrogen (secondary N) is 1. The van der Waals surface area contributed by atoms with Crippen LogP contribution in [0, 0.1) is 0 Å². The highest BCUT2D eigenvalue weighted by atomic mass is 127. The Morgan fingerprint density at radius 2 is 1.70 bits per heavy atom. The maximum atomic E-state index is 12.6. The van der Waals surface area contributed by atoms with E-state index < -0.39 is 0 Å². The number of amides is 1. The molecule has 0 saturated carbocycles. The molecule has 2 aliphatic rings. The number of hydrogen-bond donors (Lipinski definition) is 1. The van der Waals surface area contributed by atoms with Crippen LogP contribution in [0.1, 0.15) is 40.5 Å². The van der Waals surface area contributed by atoms with Gasteiger partial charge in [0.2, 0.25) is 5.91 Å². The molecule has 0 spiro atoms. The Labute approximate surface area is 181 Å². The minimum absolute atomic E-state index is 0. The lowest BCUT2D eigenvalue weighted by molar-refractivity contribution is -0.135. The third-order valence-corrected chi connectivity index (χ3v) is 5.43. The van der Waals surface area contributed by atoms with Crippen molar-refractivity contribution in [3.8, 4) is 0 Å². The number of halogens is 1. The molecule has 2 saturated heterocycles. The summed E-state index contributed by atoms with van der Waals surface area (Å²) in [6, 6.07) is -0.0257. The molecule has 2 rings (SSSR count). The van der Waals surface area contributed by atoms with Crippen molar-refractivity contribution in [2.24, 2.45) is 4.99 Å². The lowest BCUT2D eigenvalue weighted by atomic mass is 10.1. The summed E-state index contributed by atoms with van der Waals surface area (Å²) in [7, 11) is 1.72. The molecule has 2 heterocycles. The van der Waals surface area contributed by atoms with Crippen LogP contribution in [-0.4, -0.2) is 97.7 Å². The molecule has 0 bridgehead atoms. The summed E-state index contributed by atoms with van der Waals surface area (Å²) in [6.07, 6.45) is 2.29. The lowest BCUT2D eigenvalue weighted by Crippen LogP contribution is -2.57. The highest BCUT2D eigenvalue weighted by Gasteiger charge is 2.30. The van der Waals surface area contributed by atoms with E-state index in [1.807, 2.05) is 18.7 Å². The molecule has 7 nitrogen and oxygen atoms in total. The quantitative estimate of drug-likeness (QED) is 0.345. The summed E-state index contributed by atoms with van der Waals surface area (Å²) in [5.74, 6) is 1.23. The van der Waals surface area contributed by atoms with Gasteiger partial charge in [-0.25, -0.2) is 0 Å². The van der Waals surface area contributed by atoms with E-state index in [9.17, 15) is 4.79 Å². The normalized spacial score (nSPS) is 20.4. The van der Waals surface area contributed by atoms with E-state index in [1.165, 1.54) is 0 Å². The Balaban J connectivity index is 0.00000364. The molecule has 2 aliphatic heterocycles. The van der Waals surface area contributed by atoms with Gasteiger partial charge in [-0.15, -0.1) is 24.0 Å². The highest BCUT2D eigenvalue weighted by Crippen LogP contribution is 2.14. The van der Waals surface area contributed by atoms with Crippen molar-refractivity contribution in [1.82, 2.24) is 20.0 Å². The van der Waals surface area contributed by atoms with Crippen molar-refractivity contribution >= 4 is 35.8 Å². The van der Waals surface area contributed by atoms with E-state index >= 15 is 0 Å². The van der Waals surface area contributed by atoms with E-state index in [4.69, 9.17) is 9.73 Å². The topological polar surface area (TPSA) is 60.4 Å². The fraction of sp³-hybridized carbons (Fsp3) is 0.895. The summed E-state index contributed by atoms with van der Waals surface area (Å²) in [6.45, 7) is 15.1. The maximum Gasteiger partial charge on any atom is 0.239 e. The number of nitrogens with zero attached hydrogens (tertiary/aromatic N) is 4. The van der Waals surface area contributed by atoms with Crippen LogP contribution in [-0.2, 0) is 9.53 Å². The molecule has 0 aliphatic carbocycles. The SMILES string of the molecule is CCNC(=NCC(C)(C)OC)N1CCN(C(C)C(=O)N2CCCC2)CC1.I. The van der Waals surface area contributed by atoms with Crippen LogP contribution in [0.25, 0.3) is 0 Å². The molecular formula is C19H38IN5O2. The van der Waals surface area contributed by atoms with Gasteiger partial charge < -0.3 is 19.9 Å². The highest BCUT2D eigenvalue weighted by molar-refractivity contribution is 14.0. The summed E-state index contributed by atoms with van der Waals surface area (Å²) < 4.78 is 5.47. The van der Waals surface area contributed by atoms with Gasteiger partial charge in [0.25, 0.3) is 0 Å². The number of aliphatic imine (C=N–C) groups is 1. The monoisotopic (exact) mass is 495 g/mol. The summed E-state index contributed by atoms with van der Waals surface area (Å²) in [5, 5.41) is 3.39. The molecule has 1 N–H and O–H groups in total. The van der Waals surface area contributed by atoms with Crippen molar-refractivity contribution in [3.05, 3.63) is 0 Å². The van der Waals surface area contributed by atoms with Crippen molar-refractivity contribution < 1.29 is 9.53 Å². The first-order chi connectivity index (χ1) is 12.4. The van der Waals surface area contributed by atoms with E-state index in [-0.39, 0.29) is 35.6 Å².